The van der Waals surface area contributed by atoms with E-state index in [4.69, 9.17) is 4.74 Å². The zero-order valence-electron chi connectivity index (χ0n) is 13.4. The molecule has 3 heteroatoms. The van der Waals surface area contributed by atoms with Crippen LogP contribution in [0.4, 0.5) is 0 Å². The summed E-state index contributed by atoms with van der Waals surface area (Å²) >= 11 is 0. The molecule has 2 aromatic rings. The van der Waals surface area contributed by atoms with Crippen LogP contribution in [-0.4, -0.2) is 17.9 Å². The molecule has 0 saturated carbocycles. The van der Waals surface area contributed by atoms with E-state index in [2.05, 4.69) is 29.2 Å². The van der Waals surface area contributed by atoms with E-state index in [1.54, 1.807) is 0 Å². The van der Waals surface area contributed by atoms with Gasteiger partial charge in [-0.2, -0.15) is 0 Å². The Kier molecular flexibility index (Phi) is 4.86. The van der Waals surface area contributed by atoms with Gasteiger partial charge in [0.25, 0.3) is 0 Å². The van der Waals surface area contributed by atoms with E-state index < -0.39 is 0 Å². The third kappa shape index (κ3) is 3.67. The summed E-state index contributed by atoms with van der Waals surface area (Å²) in [6.07, 6.45) is 5.33. The lowest BCUT2D eigenvalue weighted by molar-refractivity contribution is 0.111. The summed E-state index contributed by atoms with van der Waals surface area (Å²) in [5.74, 6) is 0.566. The number of aldehydes is 1. The van der Waals surface area contributed by atoms with Crippen LogP contribution in [0.15, 0.2) is 48.0 Å². The van der Waals surface area contributed by atoms with Gasteiger partial charge in [0.1, 0.15) is 18.1 Å². The molecule has 0 bridgehead atoms. The second kappa shape index (κ2) is 7.23. The summed E-state index contributed by atoms with van der Waals surface area (Å²) in [5, 5.41) is 0. The maximum atomic E-state index is 11.2. The smallest absolute Gasteiger partial charge is 0.172 e. The Morgan fingerprint density at radius 2 is 1.87 bits per heavy atom. The zero-order chi connectivity index (χ0) is 16.1. The van der Waals surface area contributed by atoms with E-state index in [0.717, 1.165) is 24.8 Å². The Bertz CT molecular complexity index is 720. The molecule has 1 aromatic carbocycles. The van der Waals surface area contributed by atoms with Crippen LogP contribution in [0, 0.1) is 6.92 Å². The summed E-state index contributed by atoms with van der Waals surface area (Å²) in [4.78, 5) is 15.4. The molecule has 0 aliphatic heterocycles. The third-order valence-electron chi connectivity index (χ3n) is 4.24. The number of nitrogens with zero attached hydrogens (tertiary/aromatic N) is 1. The fourth-order valence-corrected chi connectivity index (χ4v) is 3.05. The van der Waals surface area contributed by atoms with Gasteiger partial charge in [0, 0.05) is 5.69 Å². The molecular weight excluding hydrogens is 286 g/mol. The number of carbonyl (C=O) groups is 1. The highest BCUT2D eigenvalue weighted by atomic mass is 16.5. The van der Waals surface area contributed by atoms with Crippen molar-refractivity contribution in [1.29, 1.82) is 0 Å². The summed E-state index contributed by atoms with van der Waals surface area (Å²) in [7, 11) is 0. The number of ether oxygens (including phenoxy) is 1. The predicted octanol–water partition coefficient (Wildman–Crippen LogP) is 4.61. The highest BCUT2D eigenvalue weighted by molar-refractivity contribution is 5.76. The lowest BCUT2D eigenvalue weighted by atomic mass is 9.88. The minimum Gasteiger partial charge on any atom is -0.487 e. The largest absolute Gasteiger partial charge is 0.487 e. The number of benzene rings is 1. The van der Waals surface area contributed by atoms with Crippen LogP contribution in [0.2, 0.25) is 0 Å². The molecule has 1 heterocycles. The average Bonchev–Trinajstić information content (AvgIpc) is 2.61. The highest BCUT2D eigenvalue weighted by Gasteiger charge is 2.15. The van der Waals surface area contributed by atoms with Gasteiger partial charge in [0.15, 0.2) is 6.29 Å². The van der Waals surface area contributed by atoms with Crippen molar-refractivity contribution < 1.29 is 9.53 Å². The van der Waals surface area contributed by atoms with Crippen molar-refractivity contribution >= 4 is 11.9 Å². The fraction of sp³-hybridized carbons (Fsp3) is 0.300. The lowest BCUT2D eigenvalue weighted by Gasteiger charge is -2.21. The quantitative estimate of drug-likeness (QED) is 0.757. The van der Waals surface area contributed by atoms with Crippen molar-refractivity contribution in [1.82, 2.24) is 4.98 Å². The van der Waals surface area contributed by atoms with Crippen molar-refractivity contribution in [3.63, 3.8) is 0 Å². The van der Waals surface area contributed by atoms with Gasteiger partial charge >= 0.3 is 0 Å². The Labute approximate surface area is 137 Å². The minimum absolute atomic E-state index is 0.377. The van der Waals surface area contributed by atoms with Crippen molar-refractivity contribution in [3.05, 3.63) is 65.0 Å². The van der Waals surface area contributed by atoms with Gasteiger partial charge in [-0.25, -0.2) is 4.98 Å². The third-order valence-corrected chi connectivity index (χ3v) is 4.24. The summed E-state index contributed by atoms with van der Waals surface area (Å²) in [6.45, 7) is 2.39. The van der Waals surface area contributed by atoms with Crippen LogP contribution >= 0.6 is 0 Å². The number of aromatic nitrogens is 1. The van der Waals surface area contributed by atoms with Gasteiger partial charge in [0.05, 0.1) is 0 Å². The highest BCUT2D eigenvalue weighted by Crippen LogP contribution is 2.32. The van der Waals surface area contributed by atoms with Gasteiger partial charge in [-0.3, -0.25) is 4.79 Å². The summed E-state index contributed by atoms with van der Waals surface area (Å²) in [6, 6.07) is 14.2. The Hall–Kier alpha value is -2.42. The number of allylic oxidation sites excluding steroid dienone is 1. The van der Waals surface area contributed by atoms with E-state index in [9.17, 15) is 4.79 Å². The van der Waals surface area contributed by atoms with Gasteiger partial charge in [-0.05, 0) is 61.4 Å². The Morgan fingerprint density at radius 3 is 2.65 bits per heavy atom. The Morgan fingerprint density at radius 1 is 1.09 bits per heavy atom. The van der Waals surface area contributed by atoms with Crippen molar-refractivity contribution in [2.75, 3.05) is 6.61 Å². The molecule has 1 aliphatic rings. The number of hydrogen-bond donors (Lipinski definition) is 0. The van der Waals surface area contributed by atoms with Crippen LogP contribution in [0.25, 0.3) is 5.57 Å². The molecule has 1 aliphatic carbocycles. The van der Waals surface area contributed by atoms with Crippen molar-refractivity contribution in [2.24, 2.45) is 0 Å². The maximum Gasteiger partial charge on any atom is 0.172 e. The van der Waals surface area contributed by atoms with Crippen LogP contribution in [-0.2, 0) is 0 Å². The topological polar surface area (TPSA) is 39.2 Å². The number of carbonyl (C=O) groups excluding carboxylic acids is 1. The number of rotatable bonds is 5. The van der Waals surface area contributed by atoms with Crippen LogP contribution in [0.3, 0.4) is 0 Å². The van der Waals surface area contributed by atoms with Crippen LogP contribution in [0.5, 0.6) is 5.75 Å². The molecule has 0 fully saturated rings. The Balaban J connectivity index is 1.83. The standard InChI is InChI=1S/C20H21NO2/c1-15-11-12-20(19(13-22)21-15)23-14-17-9-5-6-10-18(17)16-7-3-2-4-8-16/h2-4,7-8,11-13H,5-6,9-10,14H2,1H3. The van der Waals surface area contributed by atoms with Gasteiger partial charge in [-0.15, -0.1) is 0 Å². The second-order valence-corrected chi connectivity index (χ2v) is 5.90. The van der Waals surface area contributed by atoms with E-state index in [0.29, 0.717) is 18.1 Å². The molecular formula is C20H21NO2. The average molecular weight is 307 g/mol. The molecule has 0 saturated heterocycles. The fourth-order valence-electron chi connectivity index (χ4n) is 3.05. The number of aryl methyl sites for hydroxylation is 1. The maximum absolute atomic E-state index is 11.2. The van der Waals surface area contributed by atoms with Crippen LogP contribution < -0.4 is 4.74 Å². The second-order valence-electron chi connectivity index (χ2n) is 5.90. The van der Waals surface area contributed by atoms with Gasteiger partial charge in [0.2, 0.25) is 0 Å². The summed E-state index contributed by atoms with van der Waals surface area (Å²) in [5.41, 5.74) is 5.21. The first-order valence-electron chi connectivity index (χ1n) is 8.10. The van der Waals surface area contributed by atoms with Crippen LogP contribution in [0.1, 0.15) is 47.4 Å². The monoisotopic (exact) mass is 307 g/mol. The molecule has 0 atom stereocenters. The normalized spacial score (nSPS) is 14.7. The molecule has 0 N–H and O–H groups in total. The van der Waals surface area contributed by atoms with Gasteiger partial charge < -0.3 is 4.74 Å². The molecule has 23 heavy (non-hydrogen) atoms. The van der Waals surface area contributed by atoms with E-state index >= 15 is 0 Å². The zero-order valence-corrected chi connectivity index (χ0v) is 13.4. The predicted molar refractivity (Wildman–Crippen MR) is 91.7 cm³/mol. The minimum atomic E-state index is 0.377. The number of hydrogen-bond acceptors (Lipinski definition) is 3. The van der Waals surface area contributed by atoms with Gasteiger partial charge in [-0.1, -0.05) is 30.3 Å². The van der Waals surface area contributed by atoms with E-state index in [-0.39, 0.29) is 0 Å². The molecule has 0 radical (unpaired) electrons. The van der Waals surface area contributed by atoms with Crippen molar-refractivity contribution in [3.8, 4) is 5.75 Å². The lowest BCUT2D eigenvalue weighted by Crippen LogP contribution is -2.09. The molecule has 0 unspecified atom stereocenters. The van der Waals surface area contributed by atoms with E-state index in [1.807, 2.05) is 25.1 Å². The molecule has 3 rings (SSSR count). The summed E-state index contributed by atoms with van der Waals surface area (Å²) < 4.78 is 5.92. The molecule has 0 spiro atoms. The molecule has 1 aromatic heterocycles. The first-order chi connectivity index (χ1) is 11.3. The molecule has 0 amide bonds. The first kappa shape index (κ1) is 15.5. The molecule has 118 valence electrons. The number of pyridine rings is 1. The SMILES string of the molecule is Cc1ccc(OCC2=C(c3ccccc3)CCCC2)c(C=O)n1. The molecule has 3 nitrogen and oxygen atoms in total. The van der Waals surface area contributed by atoms with E-state index in [1.165, 1.54) is 29.6 Å². The first-order valence-corrected chi connectivity index (χ1v) is 8.10. The van der Waals surface area contributed by atoms with Crippen molar-refractivity contribution in [2.45, 2.75) is 32.6 Å².